The minimum atomic E-state index is -4.83. The van der Waals surface area contributed by atoms with Crippen molar-refractivity contribution in [1.82, 2.24) is 4.37 Å². The number of alkyl halides is 6. The molecule has 0 aliphatic rings. The SMILES string of the molecule is N#Cc1c(SCC(=O)Nc2ccc(OC(F)(F)F)cc2)nsc1SCC(=O)Nc1ccc(OC(F)(F)F)cc1. The van der Waals surface area contributed by atoms with E-state index in [1.54, 1.807) is 0 Å². The van der Waals surface area contributed by atoms with Crippen molar-refractivity contribution in [1.29, 1.82) is 5.26 Å². The van der Waals surface area contributed by atoms with E-state index in [1.165, 1.54) is 24.3 Å². The number of carbonyl (C=O) groups excluding carboxylic acids is 2. The molecule has 0 saturated heterocycles. The Bertz CT molecular complexity index is 1250. The Morgan fingerprint density at radius 1 is 0.821 bits per heavy atom. The number of anilines is 2. The van der Waals surface area contributed by atoms with Gasteiger partial charge in [0.1, 0.15) is 32.4 Å². The molecule has 3 aromatic rings. The molecule has 0 spiro atoms. The maximum Gasteiger partial charge on any atom is 0.573 e. The molecule has 39 heavy (non-hydrogen) atoms. The topological polar surface area (TPSA) is 113 Å². The molecule has 8 nitrogen and oxygen atoms in total. The minimum Gasteiger partial charge on any atom is -0.406 e. The summed E-state index contributed by atoms with van der Waals surface area (Å²) in [6.07, 6.45) is -9.67. The number of hydrogen-bond acceptors (Lipinski definition) is 9. The highest BCUT2D eigenvalue weighted by atomic mass is 32.2. The number of amides is 2. The summed E-state index contributed by atoms with van der Waals surface area (Å²) in [5.41, 5.74) is 0.640. The summed E-state index contributed by atoms with van der Waals surface area (Å²) >= 11 is 2.92. The Hall–Kier alpha value is -3.62. The van der Waals surface area contributed by atoms with Crippen molar-refractivity contribution in [2.75, 3.05) is 22.1 Å². The van der Waals surface area contributed by atoms with Gasteiger partial charge in [0.05, 0.1) is 11.5 Å². The van der Waals surface area contributed by atoms with Gasteiger partial charge < -0.3 is 20.1 Å². The summed E-state index contributed by atoms with van der Waals surface area (Å²) in [6.45, 7) is 0. The summed E-state index contributed by atoms with van der Waals surface area (Å²) < 4.78 is 85.5. The van der Waals surface area contributed by atoms with E-state index in [4.69, 9.17) is 0 Å². The van der Waals surface area contributed by atoms with Crippen LogP contribution in [0.4, 0.5) is 37.7 Å². The first-order valence-corrected chi connectivity index (χ1v) is 13.0. The van der Waals surface area contributed by atoms with E-state index in [0.717, 1.165) is 59.3 Å². The van der Waals surface area contributed by atoms with E-state index in [1.807, 2.05) is 6.07 Å². The fourth-order valence-corrected chi connectivity index (χ4v) is 5.39. The Kier molecular flexibility index (Phi) is 9.94. The van der Waals surface area contributed by atoms with Crippen LogP contribution < -0.4 is 20.1 Å². The molecule has 206 valence electrons. The summed E-state index contributed by atoms with van der Waals surface area (Å²) in [5.74, 6) is -2.15. The van der Waals surface area contributed by atoms with E-state index in [9.17, 15) is 41.2 Å². The van der Waals surface area contributed by atoms with Crippen LogP contribution in [0.1, 0.15) is 5.56 Å². The van der Waals surface area contributed by atoms with Gasteiger partial charge >= 0.3 is 12.7 Å². The molecular formula is C22H14F6N4O4S3. The van der Waals surface area contributed by atoms with Crippen LogP contribution in [-0.4, -0.2) is 40.4 Å². The van der Waals surface area contributed by atoms with Gasteiger partial charge in [-0.25, -0.2) is 0 Å². The van der Waals surface area contributed by atoms with Crippen LogP contribution in [0.25, 0.3) is 0 Å². The zero-order chi connectivity index (χ0) is 28.6. The number of nitrogens with one attached hydrogen (secondary N) is 2. The largest absolute Gasteiger partial charge is 0.573 e. The molecule has 2 aromatic carbocycles. The van der Waals surface area contributed by atoms with E-state index in [2.05, 4.69) is 24.5 Å². The van der Waals surface area contributed by atoms with Crippen LogP contribution in [0.5, 0.6) is 11.5 Å². The molecule has 2 N–H and O–H groups in total. The van der Waals surface area contributed by atoms with E-state index in [0.29, 0.717) is 4.21 Å². The number of nitriles is 1. The van der Waals surface area contributed by atoms with Crippen molar-refractivity contribution in [3.63, 3.8) is 0 Å². The van der Waals surface area contributed by atoms with E-state index < -0.39 is 36.0 Å². The normalized spacial score (nSPS) is 11.4. The zero-order valence-electron chi connectivity index (χ0n) is 19.1. The Morgan fingerprint density at radius 3 is 1.67 bits per heavy atom. The standard InChI is InChI=1S/C22H14F6N4O4S3/c23-21(24,25)35-14-5-1-12(2-6-14)30-17(33)10-37-19-16(9-29)20(39-32-19)38-11-18(34)31-13-3-7-15(8-4-13)36-22(26,27)28/h1-8H,10-11H2,(H,30,33)(H,31,34). The molecule has 0 unspecified atom stereocenters. The molecule has 3 rings (SSSR count). The molecule has 0 saturated carbocycles. The summed E-state index contributed by atoms with van der Waals surface area (Å²) in [7, 11) is 0. The molecule has 0 radical (unpaired) electrons. The fourth-order valence-electron chi connectivity index (χ4n) is 2.69. The number of hydrogen-bond donors (Lipinski definition) is 2. The predicted molar refractivity (Wildman–Crippen MR) is 132 cm³/mol. The third-order valence-electron chi connectivity index (χ3n) is 4.16. The Labute approximate surface area is 228 Å². The summed E-state index contributed by atoms with van der Waals surface area (Å²) in [6, 6.07) is 11.1. The maximum absolute atomic E-state index is 12.2. The second kappa shape index (κ2) is 13.0. The van der Waals surface area contributed by atoms with E-state index in [-0.39, 0.29) is 33.5 Å². The number of nitrogens with zero attached hydrogens (tertiary/aromatic N) is 2. The quantitative estimate of drug-likeness (QED) is 0.205. The first-order chi connectivity index (χ1) is 18.3. The van der Waals surface area contributed by atoms with Crippen molar-refractivity contribution in [2.45, 2.75) is 22.0 Å². The predicted octanol–water partition coefficient (Wildman–Crippen LogP) is 6.27. The number of aromatic nitrogens is 1. The lowest BCUT2D eigenvalue weighted by atomic mass is 10.3. The molecule has 0 fully saturated rings. The second-order valence-corrected chi connectivity index (χ2v) is 10.1. The van der Waals surface area contributed by atoms with Crippen molar-refractivity contribution in [2.24, 2.45) is 0 Å². The highest BCUT2D eigenvalue weighted by Crippen LogP contribution is 2.34. The monoisotopic (exact) mass is 608 g/mol. The van der Waals surface area contributed by atoms with Crippen molar-refractivity contribution >= 4 is 58.2 Å². The highest BCUT2D eigenvalue weighted by Gasteiger charge is 2.31. The van der Waals surface area contributed by atoms with Gasteiger partial charge in [-0.05, 0) is 60.1 Å². The van der Waals surface area contributed by atoms with Gasteiger partial charge in [0, 0.05) is 11.4 Å². The summed E-state index contributed by atoms with van der Waals surface area (Å²) in [4.78, 5) is 24.4. The lowest BCUT2D eigenvalue weighted by Crippen LogP contribution is -2.17. The number of benzene rings is 2. The molecule has 0 bridgehead atoms. The molecule has 2 amide bonds. The fraction of sp³-hybridized carbons (Fsp3) is 0.182. The molecular weight excluding hydrogens is 594 g/mol. The average molecular weight is 609 g/mol. The third-order valence-corrected chi connectivity index (χ3v) is 7.34. The first kappa shape index (κ1) is 29.9. The molecule has 0 aliphatic carbocycles. The van der Waals surface area contributed by atoms with Crippen molar-refractivity contribution < 1.29 is 45.4 Å². The Balaban J connectivity index is 1.48. The van der Waals surface area contributed by atoms with Gasteiger partial charge in [-0.3, -0.25) is 9.59 Å². The lowest BCUT2D eigenvalue weighted by molar-refractivity contribution is -0.275. The number of halogens is 6. The van der Waals surface area contributed by atoms with Crippen LogP contribution in [-0.2, 0) is 9.59 Å². The van der Waals surface area contributed by atoms with Gasteiger partial charge in [-0.15, -0.1) is 38.1 Å². The van der Waals surface area contributed by atoms with Gasteiger partial charge in [-0.2, -0.15) is 9.64 Å². The molecule has 0 atom stereocenters. The molecule has 0 aliphatic heterocycles. The van der Waals surface area contributed by atoms with Crippen LogP contribution in [0, 0.1) is 11.3 Å². The van der Waals surface area contributed by atoms with Crippen LogP contribution in [0.2, 0.25) is 0 Å². The van der Waals surface area contributed by atoms with Crippen LogP contribution in [0.15, 0.2) is 57.8 Å². The smallest absolute Gasteiger partial charge is 0.406 e. The number of rotatable bonds is 10. The summed E-state index contributed by atoms with van der Waals surface area (Å²) in [5, 5.41) is 14.8. The van der Waals surface area contributed by atoms with Gasteiger partial charge in [0.15, 0.2) is 0 Å². The van der Waals surface area contributed by atoms with Crippen LogP contribution in [0.3, 0.4) is 0 Å². The number of ether oxygens (including phenoxy) is 2. The third kappa shape index (κ3) is 10.2. The minimum absolute atomic E-state index is 0.129. The average Bonchev–Trinajstić information content (AvgIpc) is 3.24. The van der Waals surface area contributed by atoms with Gasteiger partial charge in [-0.1, -0.05) is 11.8 Å². The lowest BCUT2D eigenvalue weighted by Gasteiger charge is -2.10. The maximum atomic E-state index is 12.2. The second-order valence-electron chi connectivity index (χ2n) is 7.08. The number of carbonyl (C=O) groups is 2. The van der Waals surface area contributed by atoms with Crippen molar-refractivity contribution in [3.8, 4) is 17.6 Å². The zero-order valence-corrected chi connectivity index (χ0v) is 21.5. The number of thioether (sulfide) groups is 2. The van der Waals surface area contributed by atoms with E-state index >= 15 is 0 Å². The molecule has 1 aromatic heterocycles. The highest BCUT2D eigenvalue weighted by molar-refractivity contribution is 8.02. The van der Waals surface area contributed by atoms with Gasteiger partial charge in [0.2, 0.25) is 11.8 Å². The molecule has 1 heterocycles. The van der Waals surface area contributed by atoms with Crippen LogP contribution >= 0.6 is 35.1 Å². The molecule has 17 heteroatoms. The van der Waals surface area contributed by atoms with Gasteiger partial charge in [0.25, 0.3) is 0 Å². The first-order valence-electron chi connectivity index (χ1n) is 10.3. The Morgan fingerprint density at radius 2 is 1.26 bits per heavy atom. The van der Waals surface area contributed by atoms with Crippen molar-refractivity contribution in [3.05, 3.63) is 54.1 Å².